The Kier molecular flexibility index (Phi) is 6.22. The maximum absolute atomic E-state index is 12.2. The molecular weight excluding hydrogens is 340 g/mol. The summed E-state index contributed by atoms with van der Waals surface area (Å²) in [5.74, 6) is 1.49. The molecule has 27 heavy (non-hydrogen) atoms. The van der Waals surface area contributed by atoms with Gasteiger partial charge < -0.3 is 14.5 Å². The third-order valence-corrected chi connectivity index (χ3v) is 5.04. The van der Waals surface area contributed by atoms with E-state index in [9.17, 15) is 4.79 Å². The van der Waals surface area contributed by atoms with Crippen molar-refractivity contribution in [2.24, 2.45) is 0 Å². The van der Waals surface area contributed by atoms with Crippen LogP contribution in [0.2, 0.25) is 0 Å². The first-order chi connectivity index (χ1) is 12.9. The van der Waals surface area contributed by atoms with E-state index in [1.807, 2.05) is 36.4 Å². The average molecular weight is 370 g/mol. The molecule has 0 radical (unpaired) electrons. The number of rotatable bonds is 7. The largest absolute Gasteiger partial charge is 0.484 e. The summed E-state index contributed by atoms with van der Waals surface area (Å²) in [6, 6.07) is 11.9. The fourth-order valence-electron chi connectivity index (χ4n) is 3.41. The van der Waals surface area contributed by atoms with Gasteiger partial charge in [-0.15, -0.1) is 0 Å². The minimum atomic E-state index is -0.120. The van der Waals surface area contributed by atoms with Crippen molar-refractivity contribution < 1.29 is 13.9 Å². The first-order valence-corrected chi connectivity index (χ1v) is 9.71. The van der Waals surface area contributed by atoms with Crippen LogP contribution in [0.4, 0.5) is 0 Å². The van der Waals surface area contributed by atoms with Crippen LogP contribution in [0.25, 0.3) is 0 Å². The standard InChI is InChI=1S/C22H30N2O3/c1-22(2,3)17-8-10-18(11-9-17)27-16-21(25)23-15-19(20-7-6-14-26-20)24-12-4-5-13-24/h6-11,14,19H,4-5,12-13,15-16H2,1-3H3,(H,23,25)/t19-/m0/s1. The molecule has 2 heterocycles. The van der Waals surface area contributed by atoms with Crippen molar-refractivity contribution in [3.63, 3.8) is 0 Å². The topological polar surface area (TPSA) is 54.7 Å². The molecule has 1 aliphatic rings. The molecule has 0 spiro atoms. The van der Waals surface area contributed by atoms with Crippen LogP contribution in [0.5, 0.6) is 5.75 Å². The summed E-state index contributed by atoms with van der Waals surface area (Å²) in [7, 11) is 0. The average Bonchev–Trinajstić information content (AvgIpc) is 3.34. The fraction of sp³-hybridized carbons (Fsp3) is 0.500. The molecule has 0 unspecified atom stereocenters. The monoisotopic (exact) mass is 370 g/mol. The number of ether oxygens (including phenoxy) is 1. The molecule has 0 saturated carbocycles. The number of nitrogens with zero attached hydrogens (tertiary/aromatic N) is 1. The highest BCUT2D eigenvalue weighted by Crippen LogP contribution is 2.25. The van der Waals surface area contributed by atoms with Gasteiger partial charge in [-0.25, -0.2) is 0 Å². The van der Waals surface area contributed by atoms with Crippen LogP contribution in [-0.4, -0.2) is 37.0 Å². The summed E-state index contributed by atoms with van der Waals surface area (Å²) in [5, 5.41) is 2.99. The lowest BCUT2D eigenvalue weighted by Crippen LogP contribution is -2.38. The highest BCUT2D eigenvalue weighted by Gasteiger charge is 2.25. The number of likely N-dealkylation sites (tertiary alicyclic amines) is 1. The predicted molar refractivity (Wildman–Crippen MR) is 106 cm³/mol. The number of nitrogens with one attached hydrogen (secondary N) is 1. The Labute approximate surface area is 161 Å². The second-order valence-corrected chi connectivity index (χ2v) is 8.14. The Morgan fingerprint density at radius 3 is 2.48 bits per heavy atom. The van der Waals surface area contributed by atoms with Gasteiger partial charge in [0.2, 0.25) is 0 Å². The lowest BCUT2D eigenvalue weighted by atomic mass is 9.87. The Morgan fingerprint density at radius 2 is 1.89 bits per heavy atom. The zero-order chi connectivity index (χ0) is 19.3. The normalized spacial score (nSPS) is 16.3. The van der Waals surface area contributed by atoms with Crippen LogP contribution in [0, 0.1) is 0 Å². The van der Waals surface area contributed by atoms with E-state index in [1.54, 1.807) is 6.26 Å². The van der Waals surface area contributed by atoms with E-state index in [2.05, 4.69) is 31.0 Å². The van der Waals surface area contributed by atoms with Gasteiger partial charge in [-0.3, -0.25) is 9.69 Å². The summed E-state index contributed by atoms with van der Waals surface area (Å²) in [4.78, 5) is 14.6. The van der Waals surface area contributed by atoms with Crippen molar-refractivity contribution in [1.82, 2.24) is 10.2 Å². The number of carbonyl (C=O) groups excluding carboxylic acids is 1. The van der Waals surface area contributed by atoms with Crippen LogP contribution in [0.3, 0.4) is 0 Å². The van der Waals surface area contributed by atoms with Gasteiger partial charge in [0.1, 0.15) is 11.5 Å². The molecule has 1 atom stereocenters. The van der Waals surface area contributed by atoms with Gasteiger partial charge in [-0.1, -0.05) is 32.9 Å². The van der Waals surface area contributed by atoms with Gasteiger partial charge in [0.15, 0.2) is 6.61 Å². The molecule has 2 aromatic rings. The van der Waals surface area contributed by atoms with Crippen molar-refractivity contribution in [2.45, 2.75) is 45.1 Å². The van der Waals surface area contributed by atoms with Gasteiger partial charge in [0, 0.05) is 6.54 Å². The van der Waals surface area contributed by atoms with Crippen LogP contribution in [-0.2, 0) is 10.2 Å². The van der Waals surface area contributed by atoms with E-state index in [1.165, 1.54) is 18.4 Å². The van der Waals surface area contributed by atoms with Gasteiger partial charge in [0.25, 0.3) is 5.91 Å². The van der Waals surface area contributed by atoms with E-state index in [0.29, 0.717) is 12.3 Å². The van der Waals surface area contributed by atoms with Gasteiger partial charge >= 0.3 is 0 Å². The molecular formula is C22H30N2O3. The highest BCUT2D eigenvalue weighted by atomic mass is 16.5. The van der Waals surface area contributed by atoms with Gasteiger partial charge in [0.05, 0.1) is 12.3 Å². The van der Waals surface area contributed by atoms with Gasteiger partial charge in [-0.05, 0) is 61.2 Å². The lowest BCUT2D eigenvalue weighted by Gasteiger charge is -2.26. The maximum Gasteiger partial charge on any atom is 0.258 e. The number of hydrogen-bond donors (Lipinski definition) is 1. The lowest BCUT2D eigenvalue weighted by molar-refractivity contribution is -0.123. The number of furan rings is 1. The van der Waals surface area contributed by atoms with Crippen molar-refractivity contribution in [3.8, 4) is 5.75 Å². The molecule has 1 saturated heterocycles. The number of carbonyl (C=O) groups is 1. The van der Waals surface area contributed by atoms with Crippen LogP contribution < -0.4 is 10.1 Å². The zero-order valence-electron chi connectivity index (χ0n) is 16.5. The van der Waals surface area contributed by atoms with E-state index < -0.39 is 0 Å². The molecule has 1 N–H and O–H groups in total. The van der Waals surface area contributed by atoms with Crippen LogP contribution in [0.15, 0.2) is 47.1 Å². The fourth-order valence-corrected chi connectivity index (χ4v) is 3.41. The molecule has 0 bridgehead atoms. The third kappa shape index (κ3) is 5.36. The summed E-state index contributed by atoms with van der Waals surface area (Å²) in [5.41, 5.74) is 1.35. The zero-order valence-corrected chi connectivity index (χ0v) is 16.5. The van der Waals surface area contributed by atoms with Crippen LogP contribution >= 0.6 is 0 Å². The van der Waals surface area contributed by atoms with Crippen molar-refractivity contribution >= 4 is 5.91 Å². The van der Waals surface area contributed by atoms with E-state index in [0.717, 1.165) is 18.8 Å². The molecule has 5 heteroatoms. The molecule has 146 valence electrons. The van der Waals surface area contributed by atoms with E-state index >= 15 is 0 Å². The summed E-state index contributed by atoms with van der Waals surface area (Å²) in [6.07, 6.45) is 4.07. The third-order valence-electron chi connectivity index (χ3n) is 5.04. The van der Waals surface area contributed by atoms with Crippen LogP contribution in [0.1, 0.15) is 51.0 Å². The smallest absolute Gasteiger partial charge is 0.258 e. The Bertz CT molecular complexity index is 711. The SMILES string of the molecule is CC(C)(C)c1ccc(OCC(=O)NC[C@@H](c2ccco2)N2CCCC2)cc1. The maximum atomic E-state index is 12.2. The Balaban J connectivity index is 1.49. The molecule has 5 nitrogen and oxygen atoms in total. The summed E-state index contributed by atoms with van der Waals surface area (Å²) < 4.78 is 11.2. The van der Waals surface area contributed by atoms with Gasteiger partial charge in [-0.2, -0.15) is 0 Å². The highest BCUT2D eigenvalue weighted by molar-refractivity contribution is 5.77. The second kappa shape index (κ2) is 8.61. The first kappa shape index (κ1) is 19.5. The molecule has 1 fully saturated rings. The number of benzene rings is 1. The first-order valence-electron chi connectivity index (χ1n) is 9.71. The Hall–Kier alpha value is -2.27. The molecule has 1 aromatic heterocycles. The molecule has 1 amide bonds. The second-order valence-electron chi connectivity index (χ2n) is 8.14. The minimum Gasteiger partial charge on any atom is -0.484 e. The number of amides is 1. The Morgan fingerprint density at radius 1 is 1.19 bits per heavy atom. The van der Waals surface area contributed by atoms with Crippen molar-refractivity contribution in [1.29, 1.82) is 0 Å². The molecule has 1 aromatic carbocycles. The van der Waals surface area contributed by atoms with E-state index in [4.69, 9.17) is 9.15 Å². The van der Waals surface area contributed by atoms with Crippen molar-refractivity contribution in [2.75, 3.05) is 26.2 Å². The number of hydrogen-bond acceptors (Lipinski definition) is 4. The van der Waals surface area contributed by atoms with Crippen molar-refractivity contribution in [3.05, 3.63) is 54.0 Å². The molecule has 3 rings (SSSR count). The summed E-state index contributed by atoms with van der Waals surface area (Å²) in [6.45, 7) is 9.14. The predicted octanol–water partition coefficient (Wildman–Crippen LogP) is 3.91. The molecule has 0 aliphatic carbocycles. The minimum absolute atomic E-state index is 0.0136. The quantitative estimate of drug-likeness (QED) is 0.803. The van der Waals surface area contributed by atoms with E-state index in [-0.39, 0.29) is 24.0 Å². The summed E-state index contributed by atoms with van der Waals surface area (Å²) >= 11 is 0. The molecule has 1 aliphatic heterocycles.